The zero-order valence-corrected chi connectivity index (χ0v) is 19.8. The Morgan fingerprint density at radius 2 is 2.06 bits per heavy atom. The van der Waals surface area contributed by atoms with Crippen LogP contribution in [-0.4, -0.2) is 57.8 Å². The van der Waals surface area contributed by atoms with Crippen LogP contribution in [0.3, 0.4) is 0 Å². The summed E-state index contributed by atoms with van der Waals surface area (Å²) < 4.78 is 7.33. The second kappa shape index (κ2) is 9.03. The van der Waals surface area contributed by atoms with Crippen LogP contribution in [0.15, 0.2) is 18.2 Å². The minimum Gasteiger partial charge on any atom is -0.444 e. The molecule has 0 radical (unpaired) electrons. The summed E-state index contributed by atoms with van der Waals surface area (Å²) in [6, 6.07) is 5.93. The van der Waals surface area contributed by atoms with E-state index in [1.165, 1.54) is 0 Å². The van der Waals surface area contributed by atoms with Crippen molar-refractivity contribution < 1.29 is 19.1 Å². The van der Waals surface area contributed by atoms with Crippen molar-refractivity contribution in [3.63, 3.8) is 0 Å². The first-order chi connectivity index (χ1) is 15.6. The van der Waals surface area contributed by atoms with Gasteiger partial charge in [0, 0.05) is 38.5 Å². The molecule has 2 N–H and O–H groups in total. The number of piperidine rings is 2. The number of aromatic nitrogens is 2. The number of aryl methyl sites for hydroxylation is 1. The molecule has 9 heteroatoms. The molecule has 2 saturated heterocycles. The van der Waals surface area contributed by atoms with E-state index in [2.05, 4.69) is 15.7 Å². The van der Waals surface area contributed by atoms with Gasteiger partial charge in [-0.1, -0.05) is 12.1 Å². The van der Waals surface area contributed by atoms with Crippen LogP contribution in [0.2, 0.25) is 0 Å². The molecule has 2 aliphatic heterocycles. The highest BCUT2D eigenvalue weighted by Gasteiger charge is 2.32. The molecule has 0 aliphatic carbocycles. The number of rotatable bonds is 4. The fraction of sp³-hybridized carbons (Fsp3) is 0.583. The van der Waals surface area contributed by atoms with E-state index in [1.807, 2.05) is 46.0 Å². The molecular formula is C24H33N5O4. The van der Waals surface area contributed by atoms with E-state index in [9.17, 15) is 14.4 Å². The zero-order valence-electron chi connectivity index (χ0n) is 19.8. The van der Waals surface area contributed by atoms with Gasteiger partial charge in [0.2, 0.25) is 11.8 Å². The van der Waals surface area contributed by atoms with E-state index in [4.69, 9.17) is 4.74 Å². The molecule has 0 spiro atoms. The van der Waals surface area contributed by atoms with Crippen LogP contribution in [0, 0.1) is 5.92 Å². The second-order valence-electron chi connectivity index (χ2n) is 10.0. The van der Waals surface area contributed by atoms with Gasteiger partial charge in [0.05, 0.1) is 22.8 Å². The SMILES string of the molecule is Cn1nc(C2CCC(=O)NC2=O)c2cccc(NC[C@H]3CCCN(C(=O)OC(C)(C)C)C3)c21. The van der Waals surface area contributed by atoms with Crippen molar-refractivity contribution in [1.29, 1.82) is 0 Å². The maximum absolute atomic E-state index is 12.5. The fourth-order valence-electron chi connectivity index (χ4n) is 4.70. The predicted molar refractivity (Wildman–Crippen MR) is 125 cm³/mol. The lowest BCUT2D eigenvalue weighted by Gasteiger charge is -2.34. The summed E-state index contributed by atoms with van der Waals surface area (Å²) >= 11 is 0. The lowest BCUT2D eigenvalue weighted by atomic mass is 9.92. The Morgan fingerprint density at radius 3 is 2.79 bits per heavy atom. The number of benzene rings is 1. The summed E-state index contributed by atoms with van der Waals surface area (Å²) in [5, 5.41) is 11.5. The highest BCUT2D eigenvalue weighted by atomic mass is 16.6. The number of anilines is 1. The average Bonchev–Trinajstić information content (AvgIpc) is 3.08. The second-order valence-corrected chi connectivity index (χ2v) is 10.0. The van der Waals surface area contributed by atoms with Crippen molar-refractivity contribution in [3.8, 4) is 0 Å². The molecular weight excluding hydrogens is 422 g/mol. The zero-order chi connectivity index (χ0) is 23.8. The van der Waals surface area contributed by atoms with Gasteiger partial charge in [0.15, 0.2) is 0 Å². The molecule has 1 aromatic carbocycles. The van der Waals surface area contributed by atoms with Crippen LogP contribution in [-0.2, 0) is 21.4 Å². The minimum absolute atomic E-state index is 0.230. The van der Waals surface area contributed by atoms with Crippen LogP contribution in [0.5, 0.6) is 0 Å². The number of carbonyl (C=O) groups is 3. The third kappa shape index (κ3) is 5.12. The molecule has 2 aromatic rings. The van der Waals surface area contributed by atoms with Gasteiger partial charge in [-0.3, -0.25) is 19.6 Å². The van der Waals surface area contributed by atoms with Crippen LogP contribution in [0.4, 0.5) is 10.5 Å². The maximum Gasteiger partial charge on any atom is 0.410 e. The number of likely N-dealkylation sites (tertiary alicyclic amines) is 1. The fourth-order valence-corrected chi connectivity index (χ4v) is 4.70. The first kappa shape index (κ1) is 23.1. The lowest BCUT2D eigenvalue weighted by molar-refractivity contribution is -0.134. The Labute approximate surface area is 193 Å². The summed E-state index contributed by atoms with van der Waals surface area (Å²) in [5.74, 6) is -0.632. The first-order valence-corrected chi connectivity index (χ1v) is 11.6. The molecule has 33 heavy (non-hydrogen) atoms. The standard InChI is InChI=1S/C24H33N5O4/c1-24(2,3)33-23(32)29-12-6-7-15(14-29)13-25-18-9-5-8-16-20(27-28(4)21(16)18)17-10-11-19(30)26-22(17)31/h5,8-9,15,17,25H,6-7,10-14H2,1-4H3,(H,26,30,31)/t15-,17?/m1/s1. The average molecular weight is 456 g/mol. The van der Waals surface area contributed by atoms with Gasteiger partial charge in [-0.2, -0.15) is 5.10 Å². The van der Waals surface area contributed by atoms with Gasteiger partial charge in [-0.25, -0.2) is 4.79 Å². The van der Waals surface area contributed by atoms with Crippen molar-refractivity contribution in [2.24, 2.45) is 13.0 Å². The van der Waals surface area contributed by atoms with Crippen molar-refractivity contribution in [1.82, 2.24) is 20.0 Å². The van der Waals surface area contributed by atoms with E-state index in [0.717, 1.165) is 42.5 Å². The Balaban J connectivity index is 1.47. The third-order valence-electron chi connectivity index (χ3n) is 6.21. The van der Waals surface area contributed by atoms with E-state index >= 15 is 0 Å². The smallest absolute Gasteiger partial charge is 0.410 e. The van der Waals surface area contributed by atoms with E-state index < -0.39 is 11.5 Å². The van der Waals surface area contributed by atoms with E-state index in [-0.39, 0.29) is 17.9 Å². The summed E-state index contributed by atoms with van der Waals surface area (Å²) in [6.07, 6.45) is 2.52. The molecule has 9 nitrogen and oxygen atoms in total. The molecule has 0 saturated carbocycles. The largest absolute Gasteiger partial charge is 0.444 e. The Bertz CT molecular complexity index is 1070. The van der Waals surface area contributed by atoms with Gasteiger partial charge in [0.1, 0.15) is 5.60 Å². The van der Waals surface area contributed by atoms with Gasteiger partial charge in [0.25, 0.3) is 0 Å². The van der Waals surface area contributed by atoms with Crippen LogP contribution < -0.4 is 10.6 Å². The number of carbonyl (C=O) groups excluding carboxylic acids is 3. The predicted octanol–water partition coefficient (Wildman–Crippen LogP) is 3.15. The monoisotopic (exact) mass is 455 g/mol. The number of nitrogens with zero attached hydrogens (tertiary/aromatic N) is 3. The number of ether oxygens (including phenoxy) is 1. The molecule has 4 rings (SSSR count). The lowest BCUT2D eigenvalue weighted by Crippen LogP contribution is -2.44. The van der Waals surface area contributed by atoms with Crippen LogP contribution in [0.1, 0.15) is 58.1 Å². The van der Waals surface area contributed by atoms with E-state index in [0.29, 0.717) is 31.0 Å². The van der Waals surface area contributed by atoms with Crippen molar-refractivity contribution in [2.75, 3.05) is 25.0 Å². The highest BCUT2D eigenvalue weighted by Crippen LogP contribution is 2.33. The van der Waals surface area contributed by atoms with E-state index in [1.54, 1.807) is 9.58 Å². The third-order valence-corrected chi connectivity index (χ3v) is 6.21. The maximum atomic E-state index is 12.5. The van der Waals surface area contributed by atoms with Crippen LogP contribution in [0.25, 0.3) is 10.9 Å². The summed E-state index contributed by atoms with van der Waals surface area (Å²) in [6.45, 7) is 7.74. The Morgan fingerprint density at radius 1 is 1.27 bits per heavy atom. The van der Waals surface area contributed by atoms with Gasteiger partial charge < -0.3 is 15.0 Å². The molecule has 2 atom stereocenters. The Hall–Kier alpha value is -3.10. The highest BCUT2D eigenvalue weighted by molar-refractivity contribution is 6.03. The van der Waals surface area contributed by atoms with Crippen LogP contribution >= 0.6 is 0 Å². The molecule has 178 valence electrons. The Kier molecular flexibility index (Phi) is 6.32. The number of fused-ring (bicyclic) bond motifs is 1. The molecule has 2 fully saturated rings. The number of nitrogens with one attached hydrogen (secondary N) is 2. The van der Waals surface area contributed by atoms with Crippen molar-refractivity contribution in [2.45, 2.75) is 58.0 Å². The van der Waals surface area contributed by atoms with Gasteiger partial charge in [-0.15, -0.1) is 0 Å². The number of imide groups is 1. The molecule has 1 aromatic heterocycles. The quantitative estimate of drug-likeness (QED) is 0.686. The number of amides is 3. The molecule has 3 heterocycles. The number of hydrogen-bond donors (Lipinski definition) is 2. The van der Waals surface area contributed by atoms with Crippen molar-refractivity contribution in [3.05, 3.63) is 23.9 Å². The molecule has 3 amide bonds. The number of hydrogen-bond acceptors (Lipinski definition) is 6. The minimum atomic E-state index is -0.502. The van der Waals surface area contributed by atoms with Crippen molar-refractivity contribution >= 4 is 34.5 Å². The van der Waals surface area contributed by atoms with Gasteiger partial charge in [-0.05, 0) is 52.0 Å². The number of para-hydroxylation sites is 1. The van der Waals surface area contributed by atoms with Gasteiger partial charge >= 0.3 is 6.09 Å². The topological polar surface area (TPSA) is 106 Å². The summed E-state index contributed by atoms with van der Waals surface area (Å²) in [7, 11) is 1.87. The normalized spacial score (nSPS) is 21.8. The summed E-state index contributed by atoms with van der Waals surface area (Å²) in [5.41, 5.74) is 2.07. The molecule has 0 bridgehead atoms. The summed E-state index contributed by atoms with van der Waals surface area (Å²) in [4.78, 5) is 38.2. The molecule has 2 aliphatic rings. The molecule has 1 unspecified atom stereocenters. The first-order valence-electron chi connectivity index (χ1n) is 11.6.